The molecule has 0 bridgehead atoms. The summed E-state index contributed by atoms with van der Waals surface area (Å²) in [5.41, 5.74) is 2.52. The van der Waals surface area contributed by atoms with Crippen LogP contribution in [0.15, 0.2) is 6.20 Å². The molecule has 1 aromatic rings. The van der Waals surface area contributed by atoms with E-state index in [4.69, 9.17) is 6.42 Å². The second kappa shape index (κ2) is 6.34. The fraction of sp³-hybridized carbons (Fsp3) is 0.615. The van der Waals surface area contributed by atoms with Crippen molar-refractivity contribution in [2.24, 2.45) is 7.05 Å². The van der Waals surface area contributed by atoms with Crippen molar-refractivity contribution in [1.29, 1.82) is 0 Å². The van der Waals surface area contributed by atoms with Crippen LogP contribution in [0.25, 0.3) is 0 Å². The van der Waals surface area contributed by atoms with E-state index in [9.17, 15) is 0 Å². The lowest BCUT2D eigenvalue weighted by Crippen LogP contribution is -2.21. The predicted octanol–water partition coefficient (Wildman–Crippen LogP) is 2.18. The molecule has 88 valence electrons. The maximum absolute atomic E-state index is 5.27. The summed E-state index contributed by atoms with van der Waals surface area (Å²) in [5.74, 6) is 2.69. The molecule has 0 aliphatic heterocycles. The zero-order chi connectivity index (χ0) is 12.0. The normalized spacial score (nSPS) is 12.4. The molecule has 0 amide bonds. The number of unbranched alkanes of at least 4 members (excludes halogenated alkanes) is 1. The summed E-state index contributed by atoms with van der Waals surface area (Å²) in [5, 5.41) is 7.77. The molecule has 1 N–H and O–H groups in total. The maximum Gasteiger partial charge on any atom is 0.0540 e. The van der Waals surface area contributed by atoms with Crippen LogP contribution in [-0.2, 0) is 7.05 Å². The zero-order valence-corrected chi connectivity index (χ0v) is 10.5. The lowest BCUT2D eigenvalue weighted by molar-refractivity contribution is 0.499. The van der Waals surface area contributed by atoms with Crippen molar-refractivity contribution < 1.29 is 0 Å². The monoisotopic (exact) mass is 219 g/mol. The molecule has 1 unspecified atom stereocenters. The fourth-order valence-electron chi connectivity index (χ4n) is 1.88. The van der Waals surface area contributed by atoms with Crippen molar-refractivity contribution >= 4 is 0 Å². The molecule has 0 radical (unpaired) electrons. The molecular formula is C13H21N3. The average Bonchev–Trinajstić information content (AvgIpc) is 2.59. The van der Waals surface area contributed by atoms with Gasteiger partial charge >= 0.3 is 0 Å². The van der Waals surface area contributed by atoms with Crippen molar-refractivity contribution in [3.63, 3.8) is 0 Å². The van der Waals surface area contributed by atoms with Gasteiger partial charge in [-0.05, 0) is 26.3 Å². The molecule has 0 aliphatic carbocycles. The van der Waals surface area contributed by atoms with Crippen LogP contribution in [0, 0.1) is 19.3 Å². The molecule has 0 saturated heterocycles. The van der Waals surface area contributed by atoms with Gasteiger partial charge in [-0.1, -0.05) is 6.92 Å². The van der Waals surface area contributed by atoms with E-state index < -0.39 is 0 Å². The first kappa shape index (κ1) is 12.8. The van der Waals surface area contributed by atoms with Gasteiger partial charge in [0.25, 0.3) is 0 Å². The second-order valence-electron chi connectivity index (χ2n) is 4.02. The van der Waals surface area contributed by atoms with Gasteiger partial charge in [0.05, 0.1) is 6.20 Å². The predicted molar refractivity (Wildman–Crippen MR) is 67.0 cm³/mol. The van der Waals surface area contributed by atoms with Gasteiger partial charge in [-0.2, -0.15) is 5.10 Å². The molecule has 1 atom stereocenters. The Morgan fingerprint density at radius 1 is 1.62 bits per heavy atom. The van der Waals surface area contributed by atoms with Crippen LogP contribution in [0.4, 0.5) is 0 Å². The van der Waals surface area contributed by atoms with Crippen molar-refractivity contribution in [1.82, 2.24) is 15.1 Å². The van der Waals surface area contributed by atoms with Gasteiger partial charge in [0.15, 0.2) is 0 Å². The highest BCUT2D eigenvalue weighted by Crippen LogP contribution is 2.21. The van der Waals surface area contributed by atoms with Crippen LogP contribution in [0.5, 0.6) is 0 Å². The summed E-state index contributed by atoms with van der Waals surface area (Å²) in [4.78, 5) is 0. The highest BCUT2D eigenvalue weighted by molar-refractivity contribution is 5.20. The molecule has 1 aromatic heterocycles. The quantitative estimate of drug-likeness (QED) is 0.587. The van der Waals surface area contributed by atoms with Crippen LogP contribution < -0.4 is 5.32 Å². The first-order valence-corrected chi connectivity index (χ1v) is 5.86. The van der Waals surface area contributed by atoms with Crippen LogP contribution in [0.2, 0.25) is 0 Å². The number of aryl methyl sites for hydroxylation is 1. The van der Waals surface area contributed by atoms with Crippen molar-refractivity contribution in [2.75, 3.05) is 6.54 Å². The van der Waals surface area contributed by atoms with E-state index in [-0.39, 0.29) is 0 Å². The van der Waals surface area contributed by atoms with Crippen molar-refractivity contribution in [2.45, 2.75) is 39.2 Å². The summed E-state index contributed by atoms with van der Waals surface area (Å²) in [7, 11) is 1.98. The van der Waals surface area contributed by atoms with E-state index in [1.165, 1.54) is 11.3 Å². The highest BCUT2D eigenvalue weighted by atomic mass is 15.3. The molecule has 1 heterocycles. The Balaban J connectivity index is 2.69. The molecule has 1 rings (SSSR count). The zero-order valence-electron chi connectivity index (χ0n) is 10.5. The molecular weight excluding hydrogens is 198 g/mol. The minimum Gasteiger partial charge on any atom is -0.310 e. The molecule has 16 heavy (non-hydrogen) atoms. The smallest absolute Gasteiger partial charge is 0.0540 e. The van der Waals surface area contributed by atoms with Crippen molar-refractivity contribution in [3.8, 4) is 12.3 Å². The highest BCUT2D eigenvalue weighted by Gasteiger charge is 2.14. The van der Waals surface area contributed by atoms with Crippen LogP contribution >= 0.6 is 0 Å². The van der Waals surface area contributed by atoms with Crippen LogP contribution in [0.1, 0.15) is 43.5 Å². The fourth-order valence-corrected chi connectivity index (χ4v) is 1.88. The van der Waals surface area contributed by atoms with E-state index >= 15 is 0 Å². The number of nitrogens with one attached hydrogen (secondary N) is 1. The van der Waals surface area contributed by atoms with Gasteiger partial charge in [-0.15, -0.1) is 12.3 Å². The molecule has 3 heteroatoms. The summed E-state index contributed by atoms with van der Waals surface area (Å²) in [6, 6.07) is 0.382. The first-order chi connectivity index (χ1) is 7.70. The lowest BCUT2D eigenvalue weighted by Gasteiger charge is -2.17. The SMILES string of the molecule is C#CCCCC(NCC)c1cnn(C)c1C. The number of terminal acetylenes is 1. The summed E-state index contributed by atoms with van der Waals surface area (Å²) in [6.45, 7) is 5.20. The largest absolute Gasteiger partial charge is 0.310 e. The molecule has 0 saturated carbocycles. The third-order valence-corrected chi connectivity index (χ3v) is 2.91. The number of nitrogens with zero attached hydrogens (tertiary/aromatic N) is 2. The molecule has 0 aromatic carbocycles. The summed E-state index contributed by atoms with van der Waals surface area (Å²) in [6.07, 6.45) is 10.2. The van der Waals surface area contributed by atoms with E-state index in [2.05, 4.69) is 30.2 Å². The second-order valence-corrected chi connectivity index (χ2v) is 4.02. The Kier molecular flexibility index (Phi) is 5.07. The van der Waals surface area contributed by atoms with Gasteiger partial charge in [0, 0.05) is 30.8 Å². The Bertz CT molecular complexity index is 360. The van der Waals surface area contributed by atoms with Crippen LogP contribution in [-0.4, -0.2) is 16.3 Å². The maximum atomic E-state index is 5.27. The molecule has 0 fully saturated rings. The third-order valence-electron chi connectivity index (χ3n) is 2.91. The number of rotatable bonds is 6. The minimum absolute atomic E-state index is 0.382. The van der Waals surface area contributed by atoms with Crippen molar-refractivity contribution in [3.05, 3.63) is 17.5 Å². The van der Waals surface area contributed by atoms with E-state index in [0.29, 0.717) is 6.04 Å². The van der Waals surface area contributed by atoms with Gasteiger partial charge in [-0.3, -0.25) is 4.68 Å². The van der Waals surface area contributed by atoms with Gasteiger partial charge in [-0.25, -0.2) is 0 Å². The lowest BCUT2D eigenvalue weighted by atomic mass is 10.0. The summed E-state index contributed by atoms with van der Waals surface area (Å²) >= 11 is 0. The average molecular weight is 219 g/mol. The standard InChI is InChI=1S/C13H21N3/c1-5-7-8-9-13(14-6-2)12-10-15-16(4)11(12)3/h1,10,13-14H,6-9H2,2-4H3. The Labute approximate surface area is 98.2 Å². The van der Waals surface area contributed by atoms with Gasteiger partial charge in [0.2, 0.25) is 0 Å². The Hall–Kier alpha value is -1.27. The molecule has 3 nitrogen and oxygen atoms in total. The van der Waals surface area contributed by atoms with Gasteiger partial charge < -0.3 is 5.32 Å². The molecule has 0 aliphatic rings. The number of hydrogen-bond acceptors (Lipinski definition) is 2. The Morgan fingerprint density at radius 2 is 2.38 bits per heavy atom. The number of aromatic nitrogens is 2. The first-order valence-electron chi connectivity index (χ1n) is 5.86. The topological polar surface area (TPSA) is 29.9 Å². The number of hydrogen-bond donors (Lipinski definition) is 1. The van der Waals surface area contributed by atoms with E-state index in [1.54, 1.807) is 0 Å². The molecule has 0 spiro atoms. The Morgan fingerprint density at radius 3 is 2.88 bits per heavy atom. The van der Waals surface area contributed by atoms with E-state index in [0.717, 1.165) is 25.8 Å². The third kappa shape index (κ3) is 3.11. The summed E-state index contributed by atoms with van der Waals surface area (Å²) < 4.78 is 1.92. The van der Waals surface area contributed by atoms with Crippen LogP contribution in [0.3, 0.4) is 0 Å². The minimum atomic E-state index is 0.382. The van der Waals surface area contributed by atoms with E-state index in [1.807, 2.05) is 17.9 Å². The van der Waals surface area contributed by atoms with Gasteiger partial charge in [0.1, 0.15) is 0 Å².